The number of fused-ring (bicyclic) bond motifs is 1. The van der Waals surface area contributed by atoms with Gasteiger partial charge in [0.15, 0.2) is 0 Å². The first kappa shape index (κ1) is 14.1. The highest BCUT2D eigenvalue weighted by Gasteiger charge is 2.21. The SMILES string of the molecule is CNCc1cc(C)nc(OC2CCCc3ccccc32)c1. The van der Waals surface area contributed by atoms with E-state index in [1.165, 1.54) is 23.1 Å². The van der Waals surface area contributed by atoms with Crippen LogP contribution in [0.5, 0.6) is 5.88 Å². The van der Waals surface area contributed by atoms with E-state index in [9.17, 15) is 0 Å². The molecule has 1 aromatic carbocycles. The minimum atomic E-state index is 0.131. The highest BCUT2D eigenvalue weighted by atomic mass is 16.5. The minimum Gasteiger partial charge on any atom is -0.469 e. The maximum Gasteiger partial charge on any atom is 0.214 e. The highest BCUT2D eigenvalue weighted by Crippen LogP contribution is 2.33. The Morgan fingerprint density at radius 2 is 2.14 bits per heavy atom. The Bertz CT molecular complexity index is 624. The number of nitrogens with one attached hydrogen (secondary N) is 1. The number of aromatic nitrogens is 1. The molecule has 110 valence electrons. The van der Waals surface area contributed by atoms with Crippen LogP contribution in [0, 0.1) is 6.92 Å². The molecule has 0 amide bonds. The molecule has 1 atom stereocenters. The van der Waals surface area contributed by atoms with Crippen molar-refractivity contribution in [1.29, 1.82) is 0 Å². The Kier molecular flexibility index (Phi) is 4.20. The number of ether oxygens (including phenoxy) is 1. The summed E-state index contributed by atoms with van der Waals surface area (Å²) in [6, 6.07) is 12.7. The predicted octanol–water partition coefficient (Wildman–Crippen LogP) is 3.57. The van der Waals surface area contributed by atoms with E-state index in [2.05, 4.69) is 40.6 Å². The average molecular weight is 282 g/mol. The fraction of sp³-hybridized carbons (Fsp3) is 0.389. The summed E-state index contributed by atoms with van der Waals surface area (Å²) < 4.78 is 6.21. The third kappa shape index (κ3) is 3.24. The Hall–Kier alpha value is -1.87. The second-order valence-corrected chi connectivity index (χ2v) is 5.68. The lowest BCUT2D eigenvalue weighted by molar-refractivity contribution is 0.175. The van der Waals surface area contributed by atoms with Crippen molar-refractivity contribution in [1.82, 2.24) is 10.3 Å². The van der Waals surface area contributed by atoms with Crippen LogP contribution in [0.2, 0.25) is 0 Å². The molecule has 2 aromatic rings. The second-order valence-electron chi connectivity index (χ2n) is 5.68. The normalized spacial score (nSPS) is 17.3. The van der Waals surface area contributed by atoms with Gasteiger partial charge in [-0.2, -0.15) is 0 Å². The summed E-state index contributed by atoms with van der Waals surface area (Å²) in [6.07, 6.45) is 3.53. The molecule has 1 unspecified atom stereocenters. The van der Waals surface area contributed by atoms with E-state index in [4.69, 9.17) is 4.74 Å². The maximum absolute atomic E-state index is 6.21. The quantitative estimate of drug-likeness (QED) is 0.931. The molecule has 1 heterocycles. The van der Waals surface area contributed by atoms with E-state index in [0.29, 0.717) is 0 Å². The summed E-state index contributed by atoms with van der Waals surface area (Å²) >= 11 is 0. The summed E-state index contributed by atoms with van der Waals surface area (Å²) in [6.45, 7) is 2.85. The predicted molar refractivity (Wildman–Crippen MR) is 84.5 cm³/mol. The monoisotopic (exact) mass is 282 g/mol. The molecule has 1 N–H and O–H groups in total. The van der Waals surface area contributed by atoms with Gasteiger partial charge in [-0.3, -0.25) is 0 Å². The third-order valence-electron chi connectivity index (χ3n) is 3.95. The fourth-order valence-electron chi connectivity index (χ4n) is 3.05. The first-order valence-corrected chi connectivity index (χ1v) is 7.63. The van der Waals surface area contributed by atoms with Crippen molar-refractivity contribution >= 4 is 0 Å². The Morgan fingerprint density at radius 1 is 1.29 bits per heavy atom. The van der Waals surface area contributed by atoms with Crippen molar-refractivity contribution in [3.63, 3.8) is 0 Å². The number of aryl methyl sites for hydroxylation is 2. The van der Waals surface area contributed by atoms with E-state index >= 15 is 0 Å². The van der Waals surface area contributed by atoms with Crippen LogP contribution in [0.1, 0.15) is 41.3 Å². The van der Waals surface area contributed by atoms with Gasteiger partial charge in [-0.05, 0) is 56.0 Å². The van der Waals surface area contributed by atoms with Crippen molar-refractivity contribution in [2.45, 2.75) is 38.8 Å². The van der Waals surface area contributed by atoms with Crippen molar-refractivity contribution in [3.05, 3.63) is 58.8 Å². The first-order valence-electron chi connectivity index (χ1n) is 7.63. The number of rotatable bonds is 4. The number of pyridine rings is 1. The van der Waals surface area contributed by atoms with Crippen molar-refractivity contribution in [2.24, 2.45) is 0 Å². The lowest BCUT2D eigenvalue weighted by Gasteiger charge is -2.26. The molecule has 0 fully saturated rings. The smallest absolute Gasteiger partial charge is 0.214 e. The minimum absolute atomic E-state index is 0.131. The number of benzene rings is 1. The van der Waals surface area contributed by atoms with E-state index in [0.717, 1.165) is 31.0 Å². The maximum atomic E-state index is 6.21. The van der Waals surface area contributed by atoms with E-state index < -0.39 is 0 Å². The first-order chi connectivity index (χ1) is 10.3. The van der Waals surface area contributed by atoms with Crippen LogP contribution in [0.3, 0.4) is 0 Å². The topological polar surface area (TPSA) is 34.2 Å². The molecular formula is C18H22N2O. The standard InChI is InChI=1S/C18H22N2O/c1-13-10-14(12-19-2)11-18(20-13)21-17-9-5-7-15-6-3-4-8-16(15)17/h3-4,6,8,10-11,17,19H,5,7,9,12H2,1-2H3. The molecule has 1 aromatic heterocycles. The van der Waals surface area contributed by atoms with Crippen molar-refractivity contribution < 1.29 is 4.74 Å². The molecule has 21 heavy (non-hydrogen) atoms. The Labute approximate surface area is 126 Å². The second kappa shape index (κ2) is 6.27. The van der Waals surface area contributed by atoms with Crippen LogP contribution < -0.4 is 10.1 Å². The molecule has 1 aliphatic carbocycles. The molecule has 3 nitrogen and oxygen atoms in total. The number of hydrogen-bond acceptors (Lipinski definition) is 3. The molecule has 0 aliphatic heterocycles. The van der Waals surface area contributed by atoms with Gasteiger partial charge < -0.3 is 10.1 Å². The zero-order chi connectivity index (χ0) is 14.7. The number of hydrogen-bond donors (Lipinski definition) is 1. The Balaban J connectivity index is 1.84. The van der Waals surface area contributed by atoms with E-state index in [-0.39, 0.29) is 6.10 Å². The molecular weight excluding hydrogens is 260 g/mol. The van der Waals surface area contributed by atoms with Gasteiger partial charge in [0.05, 0.1) is 0 Å². The molecule has 1 aliphatic rings. The van der Waals surface area contributed by atoms with Crippen LogP contribution in [0.4, 0.5) is 0 Å². The fourth-order valence-corrected chi connectivity index (χ4v) is 3.05. The molecule has 0 saturated heterocycles. The Morgan fingerprint density at radius 3 is 3.00 bits per heavy atom. The van der Waals surface area contributed by atoms with E-state index in [1.807, 2.05) is 20.0 Å². The lowest BCUT2D eigenvalue weighted by Crippen LogP contribution is -2.16. The molecule has 0 saturated carbocycles. The summed E-state index contributed by atoms with van der Waals surface area (Å²) in [4.78, 5) is 4.53. The summed E-state index contributed by atoms with van der Waals surface area (Å²) in [5.74, 6) is 0.738. The summed E-state index contributed by atoms with van der Waals surface area (Å²) in [5, 5.41) is 3.17. The third-order valence-corrected chi connectivity index (χ3v) is 3.95. The van der Waals surface area contributed by atoms with Gasteiger partial charge in [-0.1, -0.05) is 24.3 Å². The largest absolute Gasteiger partial charge is 0.469 e. The molecule has 0 bridgehead atoms. The van der Waals surface area contributed by atoms with Crippen LogP contribution in [0.15, 0.2) is 36.4 Å². The summed E-state index contributed by atoms with van der Waals surface area (Å²) in [7, 11) is 1.95. The van der Waals surface area contributed by atoms with Crippen LogP contribution >= 0.6 is 0 Å². The number of nitrogens with zero attached hydrogens (tertiary/aromatic N) is 1. The van der Waals surface area contributed by atoms with Crippen molar-refractivity contribution in [3.8, 4) is 5.88 Å². The zero-order valence-corrected chi connectivity index (χ0v) is 12.7. The highest BCUT2D eigenvalue weighted by molar-refractivity contribution is 5.32. The van der Waals surface area contributed by atoms with Gasteiger partial charge >= 0.3 is 0 Å². The average Bonchev–Trinajstić information content (AvgIpc) is 2.47. The molecule has 0 spiro atoms. The van der Waals surface area contributed by atoms with Gasteiger partial charge in [-0.25, -0.2) is 4.98 Å². The molecule has 3 rings (SSSR count). The van der Waals surface area contributed by atoms with Crippen LogP contribution in [0.25, 0.3) is 0 Å². The van der Waals surface area contributed by atoms with Crippen molar-refractivity contribution in [2.75, 3.05) is 7.05 Å². The van der Waals surface area contributed by atoms with E-state index in [1.54, 1.807) is 0 Å². The van der Waals surface area contributed by atoms with Crippen LogP contribution in [-0.2, 0) is 13.0 Å². The summed E-state index contributed by atoms with van der Waals surface area (Å²) in [5.41, 5.74) is 4.95. The molecule has 3 heteroatoms. The van der Waals surface area contributed by atoms with Gasteiger partial charge in [0.1, 0.15) is 6.10 Å². The molecule has 0 radical (unpaired) electrons. The lowest BCUT2D eigenvalue weighted by atomic mass is 9.89. The van der Waals surface area contributed by atoms with Gasteiger partial charge in [0.25, 0.3) is 0 Å². The van der Waals surface area contributed by atoms with Crippen LogP contribution in [-0.4, -0.2) is 12.0 Å². The van der Waals surface area contributed by atoms with Gasteiger partial charge in [0, 0.05) is 18.3 Å². The van der Waals surface area contributed by atoms with Gasteiger partial charge in [-0.15, -0.1) is 0 Å². The zero-order valence-electron chi connectivity index (χ0n) is 12.7. The van der Waals surface area contributed by atoms with Gasteiger partial charge in [0.2, 0.25) is 5.88 Å².